The molecule has 5 heteroatoms. The lowest BCUT2D eigenvalue weighted by atomic mass is 10.1. The van der Waals surface area contributed by atoms with Crippen LogP contribution in [0, 0.1) is 11.8 Å². The Morgan fingerprint density at radius 1 is 1.19 bits per heavy atom. The molecule has 0 unspecified atom stereocenters. The fourth-order valence-electron chi connectivity index (χ4n) is 1.66. The molecule has 0 aromatic heterocycles. The molecule has 0 atom stereocenters. The fraction of sp³-hybridized carbons (Fsp3) is 0.0625. The number of halogens is 1. The third-order valence-corrected chi connectivity index (χ3v) is 2.98. The molecule has 2 rings (SSSR count). The highest BCUT2D eigenvalue weighted by Gasteiger charge is 2.11. The number of amides is 1. The predicted molar refractivity (Wildman–Crippen MR) is 81.5 cm³/mol. The van der Waals surface area contributed by atoms with E-state index in [-0.39, 0.29) is 22.9 Å². The van der Waals surface area contributed by atoms with Crippen LogP contribution in [0.5, 0.6) is 5.75 Å². The molecule has 0 saturated carbocycles. The summed E-state index contributed by atoms with van der Waals surface area (Å²) >= 11 is 5.93. The molecule has 0 aliphatic carbocycles. The van der Waals surface area contributed by atoms with Crippen LogP contribution in [0.4, 0.5) is 5.69 Å². The van der Waals surface area contributed by atoms with Crippen LogP contribution in [0.25, 0.3) is 0 Å². The Kier molecular flexibility index (Phi) is 4.83. The number of phenols is 1. The Morgan fingerprint density at radius 2 is 1.90 bits per heavy atom. The van der Waals surface area contributed by atoms with Gasteiger partial charge in [-0.05, 0) is 42.5 Å². The van der Waals surface area contributed by atoms with Crippen LogP contribution < -0.4 is 5.32 Å². The molecule has 2 aromatic rings. The molecular formula is C16H12ClNO3. The van der Waals surface area contributed by atoms with Gasteiger partial charge in [-0.15, -0.1) is 0 Å². The Hall–Kier alpha value is -2.48. The highest BCUT2D eigenvalue weighted by atomic mass is 35.5. The van der Waals surface area contributed by atoms with Crippen molar-refractivity contribution in [1.29, 1.82) is 0 Å². The zero-order chi connectivity index (χ0) is 15.2. The third kappa shape index (κ3) is 3.99. The van der Waals surface area contributed by atoms with E-state index < -0.39 is 5.91 Å². The van der Waals surface area contributed by atoms with Gasteiger partial charge in [0.2, 0.25) is 0 Å². The molecule has 2 aromatic carbocycles. The van der Waals surface area contributed by atoms with Gasteiger partial charge in [0.25, 0.3) is 5.91 Å². The van der Waals surface area contributed by atoms with Gasteiger partial charge in [0.1, 0.15) is 12.4 Å². The van der Waals surface area contributed by atoms with Crippen LogP contribution in [0.3, 0.4) is 0 Å². The lowest BCUT2D eigenvalue weighted by Gasteiger charge is -2.07. The van der Waals surface area contributed by atoms with E-state index in [1.807, 2.05) is 0 Å². The van der Waals surface area contributed by atoms with Gasteiger partial charge in [0.15, 0.2) is 0 Å². The smallest absolute Gasteiger partial charge is 0.257 e. The van der Waals surface area contributed by atoms with Gasteiger partial charge >= 0.3 is 0 Å². The number of phenolic OH excluding ortho intramolecular Hbond substituents is 1. The van der Waals surface area contributed by atoms with E-state index in [2.05, 4.69) is 17.2 Å². The summed E-state index contributed by atoms with van der Waals surface area (Å²) in [7, 11) is 0. The van der Waals surface area contributed by atoms with E-state index >= 15 is 0 Å². The topological polar surface area (TPSA) is 69.6 Å². The predicted octanol–water partition coefficient (Wildman–Crippen LogP) is 2.64. The number of rotatable bonds is 2. The molecule has 0 bridgehead atoms. The average molecular weight is 302 g/mol. The van der Waals surface area contributed by atoms with Crippen molar-refractivity contribution in [2.24, 2.45) is 0 Å². The molecule has 106 valence electrons. The van der Waals surface area contributed by atoms with Gasteiger partial charge in [-0.2, -0.15) is 0 Å². The molecule has 1 amide bonds. The Balaban J connectivity index is 2.14. The number of aliphatic hydroxyl groups excluding tert-OH is 1. The fourth-order valence-corrected chi connectivity index (χ4v) is 1.87. The van der Waals surface area contributed by atoms with Crippen molar-refractivity contribution in [3.8, 4) is 17.6 Å². The Morgan fingerprint density at radius 3 is 2.57 bits per heavy atom. The number of aliphatic hydroxyl groups is 1. The van der Waals surface area contributed by atoms with Crippen LogP contribution in [-0.4, -0.2) is 22.7 Å². The number of carbonyl (C=O) groups excluding carboxylic acids is 1. The van der Waals surface area contributed by atoms with Crippen LogP contribution in [0.1, 0.15) is 15.9 Å². The first-order chi connectivity index (χ1) is 10.1. The SMILES string of the molecule is O=C(Nc1ccc(C#CCO)cc1)c1cc(O)ccc1Cl. The summed E-state index contributed by atoms with van der Waals surface area (Å²) < 4.78 is 0. The number of hydrogen-bond donors (Lipinski definition) is 3. The minimum absolute atomic E-state index is 0.0285. The first-order valence-corrected chi connectivity index (χ1v) is 6.47. The lowest BCUT2D eigenvalue weighted by Crippen LogP contribution is -2.12. The van der Waals surface area contributed by atoms with Crippen LogP contribution in [0.2, 0.25) is 5.02 Å². The quantitative estimate of drug-likeness (QED) is 0.747. The maximum absolute atomic E-state index is 12.1. The second-order valence-electron chi connectivity index (χ2n) is 4.16. The van der Waals surface area contributed by atoms with Crippen LogP contribution in [-0.2, 0) is 0 Å². The number of hydrogen-bond acceptors (Lipinski definition) is 3. The minimum Gasteiger partial charge on any atom is -0.508 e. The maximum Gasteiger partial charge on any atom is 0.257 e. The largest absolute Gasteiger partial charge is 0.508 e. The number of anilines is 1. The molecule has 21 heavy (non-hydrogen) atoms. The Labute approximate surface area is 127 Å². The number of nitrogens with one attached hydrogen (secondary N) is 1. The molecular weight excluding hydrogens is 290 g/mol. The summed E-state index contributed by atoms with van der Waals surface area (Å²) in [6, 6.07) is 11.0. The third-order valence-electron chi connectivity index (χ3n) is 2.65. The van der Waals surface area contributed by atoms with E-state index in [9.17, 15) is 9.90 Å². The molecule has 0 saturated heterocycles. The van der Waals surface area contributed by atoms with E-state index in [1.54, 1.807) is 24.3 Å². The number of carbonyl (C=O) groups is 1. The zero-order valence-electron chi connectivity index (χ0n) is 10.9. The van der Waals surface area contributed by atoms with E-state index in [1.165, 1.54) is 18.2 Å². The van der Waals surface area contributed by atoms with Gasteiger partial charge in [0, 0.05) is 11.3 Å². The second-order valence-corrected chi connectivity index (χ2v) is 4.56. The summed E-state index contributed by atoms with van der Waals surface area (Å²) in [5, 5.41) is 20.9. The van der Waals surface area contributed by atoms with Crippen molar-refractivity contribution in [3.63, 3.8) is 0 Å². The van der Waals surface area contributed by atoms with Crippen LogP contribution >= 0.6 is 11.6 Å². The van der Waals surface area contributed by atoms with Gasteiger partial charge in [-0.1, -0.05) is 23.4 Å². The molecule has 0 spiro atoms. The molecule has 0 aliphatic rings. The van der Waals surface area contributed by atoms with Gasteiger partial charge in [-0.3, -0.25) is 4.79 Å². The summed E-state index contributed by atoms with van der Waals surface area (Å²) in [5.41, 5.74) is 1.51. The van der Waals surface area contributed by atoms with Crippen molar-refractivity contribution in [3.05, 3.63) is 58.6 Å². The van der Waals surface area contributed by atoms with Crippen LogP contribution in [0.15, 0.2) is 42.5 Å². The van der Waals surface area contributed by atoms with Gasteiger partial charge in [0.05, 0.1) is 10.6 Å². The molecule has 0 aliphatic heterocycles. The number of benzene rings is 2. The summed E-state index contributed by atoms with van der Waals surface area (Å²) in [6.45, 7) is -0.200. The van der Waals surface area contributed by atoms with E-state index in [4.69, 9.17) is 16.7 Å². The molecule has 0 radical (unpaired) electrons. The van der Waals surface area contributed by atoms with Crippen molar-refractivity contribution >= 4 is 23.2 Å². The van der Waals surface area contributed by atoms with E-state index in [0.29, 0.717) is 5.69 Å². The lowest BCUT2D eigenvalue weighted by molar-refractivity contribution is 0.102. The highest BCUT2D eigenvalue weighted by molar-refractivity contribution is 6.34. The van der Waals surface area contributed by atoms with E-state index in [0.717, 1.165) is 5.56 Å². The van der Waals surface area contributed by atoms with Crippen molar-refractivity contribution < 1.29 is 15.0 Å². The van der Waals surface area contributed by atoms with Crippen molar-refractivity contribution in [2.45, 2.75) is 0 Å². The second kappa shape index (κ2) is 6.80. The Bertz CT molecular complexity index is 715. The summed E-state index contributed by atoms with van der Waals surface area (Å²) in [6.07, 6.45) is 0. The van der Waals surface area contributed by atoms with Crippen molar-refractivity contribution in [1.82, 2.24) is 0 Å². The molecule has 0 fully saturated rings. The summed E-state index contributed by atoms with van der Waals surface area (Å²) in [4.78, 5) is 12.1. The minimum atomic E-state index is -0.412. The maximum atomic E-state index is 12.1. The molecule has 3 N–H and O–H groups in total. The average Bonchev–Trinajstić information content (AvgIpc) is 2.49. The normalized spacial score (nSPS) is 9.62. The molecule has 0 heterocycles. The molecule has 4 nitrogen and oxygen atoms in total. The first-order valence-electron chi connectivity index (χ1n) is 6.10. The van der Waals surface area contributed by atoms with Gasteiger partial charge < -0.3 is 15.5 Å². The summed E-state index contributed by atoms with van der Waals surface area (Å²) in [5.74, 6) is 4.85. The van der Waals surface area contributed by atoms with Crippen molar-refractivity contribution in [2.75, 3.05) is 11.9 Å². The number of aromatic hydroxyl groups is 1. The standard InChI is InChI=1S/C16H12ClNO3/c17-15-8-7-13(20)10-14(15)16(21)18-12-5-3-11(4-6-12)2-1-9-19/h3-8,10,19-20H,9H2,(H,18,21). The highest BCUT2D eigenvalue weighted by Crippen LogP contribution is 2.22. The zero-order valence-corrected chi connectivity index (χ0v) is 11.7. The van der Waals surface area contributed by atoms with Gasteiger partial charge in [-0.25, -0.2) is 0 Å². The first kappa shape index (κ1) is 14.9. The monoisotopic (exact) mass is 301 g/mol.